The maximum absolute atomic E-state index is 11.5. The highest BCUT2D eigenvalue weighted by Crippen LogP contribution is 2.22. The molecule has 102 valence electrons. The lowest BCUT2D eigenvalue weighted by Gasteiger charge is -2.15. The van der Waals surface area contributed by atoms with Gasteiger partial charge < -0.3 is 4.42 Å². The van der Waals surface area contributed by atoms with Crippen molar-refractivity contribution in [3.05, 3.63) is 44.4 Å². The van der Waals surface area contributed by atoms with Crippen molar-refractivity contribution in [2.24, 2.45) is 5.84 Å². The van der Waals surface area contributed by atoms with Gasteiger partial charge in [0.15, 0.2) is 5.76 Å². The van der Waals surface area contributed by atoms with Crippen LogP contribution in [0.5, 0.6) is 0 Å². The molecule has 5 nitrogen and oxygen atoms in total. The predicted molar refractivity (Wildman–Crippen MR) is 77.6 cm³/mol. The maximum atomic E-state index is 11.5. The number of thiophene rings is 1. The molecule has 0 aromatic carbocycles. The van der Waals surface area contributed by atoms with Gasteiger partial charge in [0.05, 0.1) is 6.26 Å². The van der Waals surface area contributed by atoms with E-state index >= 15 is 0 Å². The number of carbonyl (C=O) groups excluding carboxylic acids is 1. The molecule has 3 N–H and O–H groups in total. The van der Waals surface area contributed by atoms with Crippen molar-refractivity contribution in [2.45, 2.75) is 13.1 Å². The molecule has 0 fully saturated rings. The average Bonchev–Trinajstić information content (AvgIpc) is 2.97. The molecule has 0 unspecified atom stereocenters. The molecular formula is C12H14BrN3O2S. The van der Waals surface area contributed by atoms with Crippen LogP contribution in [-0.2, 0) is 13.1 Å². The molecule has 2 aromatic rings. The number of rotatable bonds is 5. The van der Waals surface area contributed by atoms with Crippen LogP contribution in [0, 0.1) is 0 Å². The Morgan fingerprint density at radius 2 is 2.37 bits per heavy atom. The Bertz CT molecular complexity index is 567. The summed E-state index contributed by atoms with van der Waals surface area (Å²) in [5, 5.41) is 2.05. The van der Waals surface area contributed by atoms with Crippen molar-refractivity contribution >= 4 is 33.2 Å². The minimum atomic E-state index is -0.410. The number of furan rings is 1. The number of carbonyl (C=O) groups is 1. The molecule has 0 atom stereocenters. The zero-order valence-corrected chi connectivity index (χ0v) is 12.8. The average molecular weight is 344 g/mol. The van der Waals surface area contributed by atoms with Gasteiger partial charge in [-0.1, -0.05) is 0 Å². The lowest BCUT2D eigenvalue weighted by Crippen LogP contribution is -2.31. The molecular weight excluding hydrogens is 330 g/mol. The minimum Gasteiger partial charge on any atom is -0.459 e. The van der Waals surface area contributed by atoms with Gasteiger partial charge in [-0.05, 0) is 35.1 Å². The fourth-order valence-corrected chi connectivity index (χ4v) is 3.30. The topological polar surface area (TPSA) is 71.5 Å². The second kappa shape index (κ2) is 6.33. The Labute approximate surface area is 123 Å². The molecule has 0 saturated carbocycles. The number of amides is 1. The quantitative estimate of drug-likeness (QED) is 0.496. The normalized spacial score (nSPS) is 10.9. The van der Waals surface area contributed by atoms with E-state index in [0.29, 0.717) is 6.54 Å². The number of halogens is 1. The first kappa shape index (κ1) is 14.3. The molecule has 2 aromatic heterocycles. The monoisotopic (exact) mass is 343 g/mol. The summed E-state index contributed by atoms with van der Waals surface area (Å²) >= 11 is 5.13. The number of nitrogen functional groups attached to an aromatic ring is 1. The SMILES string of the molecule is CN(Cc1cc(Br)cs1)Cc1ccoc1C(=O)NN. The smallest absolute Gasteiger partial charge is 0.301 e. The minimum absolute atomic E-state index is 0.265. The number of hydrazine groups is 1. The van der Waals surface area contributed by atoms with Gasteiger partial charge in [0, 0.05) is 33.4 Å². The van der Waals surface area contributed by atoms with Crippen molar-refractivity contribution < 1.29 is 9.21 Å². The Kier molecular flexibility index (Phi) is 4.76. The van der Waals surface area contributed by atoms with Gasteiger partial charge >= 0.3 is 5.91 Å². The second-order valence-corrected chi connectivity index (χ2v) is 6.06. The van der Waals surface area contributed by atoms with E-state index in [4.69, 9.17) is 10.3 Å². The van der Waals surface area contributed by atoms with E-state index in [1.807, 2.05) is 12.4 Å². The molecule has 0 radical (unpaired) electrons. The van der Waals surface area contributed by atoms with Crippen LogP contribution in [0.1, 0.15) is 21.0 Å². The summed E-state index contributed by atoms with van der Waals surface area (Å²) in [5.41, 5.74) is 2.90. The van der Waals surface area contributed by atoms with Crippen molar-refractivity contribution in [3.63, 3.8) is 0 Å². The van der Waals surface area contributed by atoms with E-state index in [1.165, 1.54) is 11.1 Å². The first-order chi connectivity index (χ1) is 9.10. The molecule has 2 rings (SSSR count). The van der Waals surface area contributed by atoms with Crippen molar-refractivity contribution in [1.82, 2.24) is 10.3 Å². The van der Waals surface area contributed by atoms with E-state index < -0.39 is 5.91 Å². The third kappa shape index (κ3) is 3.66. The van der Waals surface area contributed by atoms with Crippen LogP contribution in [-0.4, -0.2) is 17.9 Å². The summed E-state index contributed by atoms with van der Waals surface area (Å²) in [5.74, 6) is 4.97. The van der Waals surface area contributed by atoms with Crippen LogP contribution in [0.3, 0.4) is 0 Å². The molecule has 0 aliphatic rings. The summed E-state index contributed by atoms with van der Waals surface area (Å²) in [7, 11) is 1.99. The van der Waals surface area contributed by atoms with E-state index in [9.17, 15) is 4.79 Å². The number of nitrogens with zero attached hydrogens (tertiary/aromatic N) is 1. The second-order valence-electron chi connectivity index (χ2n) is 4.15. The molecule has 0 bridgehead atoms. The lowest BCUT2D eigenvalue weighted by atomic mass is 10.2. The highest BCUT2D eigenvalue weighted by molar-refractivity contribution is 9.10. The zero-order chi connectivity index (χ0) is 13.8. The fraction of sp³-hybridized carbons (Fsp3) is 0.250. The van der Waals surface area contributed by atoms with Crippen LogP contribution in [0.25, 0.3) is 0 Å². The van der Waals surface area contributed by atoms with Gasteiger partial charge in [0.25, 0.3) is 0 Å². The molecule has 1 amide bonds. The zero-order valence-electron chi connectivity index (χ0n) is 10.4. The summed E-state index contributed by atoms with van der Waals surface area (Å²) < 4.78 is 6.24. The van der Waals surface area contributed by atoms with Crippen LogP contribution in [0.15, 0.2) is 32.7 Å². The molecule has 0 aliphatic carbocycles. The van der Waals surface area contributed by atoms with Gasteiger partial charge in [0.1, 0.15) is 0 Å². The fourth-order valence-electron chi connectivity index (χ4n) is 1.77. The highest BCUT2D eigenvalue weighted by Gasteiger charge is 2.15. The molecule has 7 heteroatoms. The van der Waals surface area contributed by atoms with Crippen LogP contribution >= 0.6 is 27.3 Å². The third-order valence-corrected chi connectivity index (χ3v) is 4.25. The van der Waals surface area contributed by atoms with E-state index in [2.05, 4.69) is 32.3 Å². The molecule has 0 spiro atoms. The standard InChI is InChI=1S/C12H14BrN3O2S/c1-16(6-10-4-9(13)7-19-10)5-8-2-3-18-11(8)12(17)15-14/h2-4,7H,5-6,14H2,1H3,(H,15,17). The summed E-state index contributed by atoms with van der Waals surface area (Å²) in [6.45, 7) is 1.43. The number of hydrogen-bond acceptors (Lipinski definition) is 5. The van der Waals surface area contributed by atoms with E-state index in [0.717, 1.165) is 16.6 Å². The lowest BCUT2D eigenvalue weighted by molar-refractivity contribution is 0.0923. The van der Waals surface area contributed by atoms with Gasteiger partial charge in [-0.15, -0.1) is 11.3 Å². The van der Waals surface area contributed by atoms with Gasteiger partial charge in [0.2, 0.25) is 0 Å². The third-order valence-electron chi connectivity index (χ3n) is 2.57. The van der Waals surface area contributed by atoms with E-state index in [-0.39, 0.29) is 5.76 Å². The van der Waals surface area contributed by atoms with Crippen LogP contribution < -0.4 is 11.3 Å². The van der Waals surface area contributed by atoms with E-state index in [1.54, 1.807) is 17.4 Å². The summed E-state index contributed by atoms with van der Waals surface area (Å²) in [4.78, 5) is 14.8. The van der Waals surface area contributed by atoms with Gasteiger partial charge in [-0.2, -0.15) is 0 Å². The first-order valence-corrected chi connectivity index (χ1v) is 7.26. The highest BCUT2D eigenvalue weighted by atomic mass is 79.9. The maximum Gasteiger partial charge on any atom is 0.301 e. The van der Waals surface area contributed by atoms with Crippen LogP contribution in [0.4, 0.5) is 0 Å². The van der Waals surface area contributed by atoms with Crippen LogP contribution in [0.2, 0.25) is 0 Å². The predicted octanol–water partition coefficient (Wildman–Crippen LogP) is 2.34. The summed E-state index contributed by atoms with van der Waals surface area (Å²) in [6.07, 6.45) is 1.50. The molecule has 0 saturated heterocycles. The van der Waals surface area contributed by atoms with Gasteiger partial charge in [-0.3, -0.25) is 15.1 Å². The van der Waals surface area contributed by atoms with Crippen molar-refractivity contribution in [1.29, 1.82) is 0 Å². The molecule has 19 heavy (non-hydrogen) atoms. The van der Waals surface area contributed by atoms with Crippen molar-refractivity contribution in [3.8, 4) is 0 Å². The first-order valence-electron chi connectivity index (χ1n) is 5.59. The Hall–Kier alpha value is -1.15. The largest absolute Gasteiger partial charge is 0.459 e. The number of nitrogens with two attached hydrogens (primary N) is 1. The summed E-state index contributed by atoms with van der Waals surface area (Å²) in [6, 6.07) is 3.87. The Morgan fingerprint density at radius 1 is 1.58 bits per heavy atom. The van der Waals surface area contributed by atoms with Crippen molar-refractivity contribution in [2.75, 3.05) is 7.05 Å². The number of hydrogen-bond donors (Lipinski definition) is 2. The molecule has 0 aliphatic heterocycles. The molecule has 2 heterocycles. The Balaban J connectivity index is 2.01. The number of nitrogens with one attached hydrogen (secondary N) is 1. The van der Waals surface area contributed by atoms with Gasteiger partial charge in [-0.25, -0.2) is 5.84 Å². The Morgan fingerprint density at radius 3 is 3.00 bits per heavy atom.